The zero-order chi connectivity index (χ0) is 12.9. The zero-order valence-corrected chi connectivity index (χ0v) is 12.3. The molecule has 0 heterocycles. The summed E-state index contributed by atoms with van der Waals surface area (Å²) in [5.41, 5.74) is 0. The van der Waals surface area contributed by atoms with Crippen LogP contribution in [0.25, 0.3) is 0 Å². The van der Waals surface area contributed by atoms with Gasteiger partial charge in [-0.1, -0.05) is 20.3 Å². The van der Waals surface area contributed by atoms with Crippen molar-refractivity contribution in [2.24, 2.45) is 0 Å². The van der Waals surface area contributed by atoms with Gasteiger partial charge in [0.25, 0.3) is 0 Å². The molecule has 0 aliphatic heterocycles. The average molecular weight is 244 g/mol. The number of rotatable bonds is 12. The van der Waals surface area contributed by atoms with Gasteiger partial charge in [0.15, 0.2) is 0 Å². The van der Waals surface area contributed by atoms with Crippen LogP contribution in [-0.2, 0) is 4.74 Å². The summed E-state index contributed by atoms with van der Waals surface area (Å²) in [7, 11) is 1.77. The summed E-state index contributed by atoms with van der Waals surface area (Å²) in [4.78, 5) is 2.47. The normalized spacial score (nSPS) is 13.2. The lowest BCUT2D eigenvalue weighted by molar-refractivity contribution is 0.149. The summed E-state index contributed by atoms with van der Waals surface area (Å²) in [6.07, 6.45) is 5.14. The average Bonchev–Trinajstić information content (AvgIpc) is 2.35. The summed E-state index contributed by atoms with van der Waals surface area (Å²) in [5, 5.41) is 3.54. The summed E-state index contributed by atoms with van der Waals surface area (Å²) < 4.78 is 5.11. The van der Waals surface area contributed by atoms with Crippen LogP contribution in [0.4, 0.5) is 0 Å². The molecule has 0 bridgehead atoms. The third-order valence-corrected chi connectivity index (χ3v) is 3.16. The van der Waals surface area contributed by atoms with E-state index in [4.69, 9.17) is 4.74 Å². The summed E-state index contributed by atoms with van der Waals surface area (Å²) in [6.45, 7) is 12.1. The van der Waals surface area contributed by atoms with E-state index in [0.29, 0.717) is 6.04 Å². The van der Waals surface area contributed by atoms with Crippen molar-refractivity contribution in [2.75, 3.05) is 39.9 Å². The first kappa shape index (κ1) is 16.9. The molecule has 0 aliphatic carbocycles. The van der Waals surface area contributed by atoms with Gasteiger partial charge in [-0.05, 0) is 45.8 Å². The van der Waals surface area contributed by atoms with Crippen LogP contribution < -0.4 is 5.32 Å². The van der Waals surface area contributed by atoms with Gasteiger partial charge in [0.2, 0.25) is 0 Å². The lowest BCUT2D eigenvalue weighted by atomic mass is 10.1. The minimum atomic E-state index is 0.670. The Bertz CT molecular complexity index is 153. The maximum Gasteiger partial charge on any atom is 0.0589 e. The van der Waals surface area contributed by atoms with Crippen molar-refractivity contribution in [3.05, 3.63) is 0 Å². The quantitative estimate of drug-likeness (QED) is 0.534. The predicted octanol–water partition coefficient (Wildman–Crippen LogP) is 2.51. The number of hydrogen-bond acceptors (Lipinski definition) is 3. The van der Waals surface area contributed by atoms with Crippen molar-refractivity contribution in [1.82, 2.24) is 10.2 Å². The number of ether oxygens (including phenoxy) is 1. The van der Waals surface area contributed by atoms with Crippen molar-refractivity contribution in [1.29, 1.82) is 0 Å². The number of likely N-dealkylation sites (N-methyl/N-ethyl adjacent to an activating group) is 1. The topological polar surface area (TPSA) is 24.5 Å². The van der Waals surface area contributed by atoms with Gasteiger partial charge in [0, 0.05) is 19.7 Å². The molecule has 0 radical (unpaired) electrons. The van der Waals surface area contributed by atoms with Crippen molar-refractivity contribution in [3.63, 3.8) is 0 Å². The molecule has 3 heteroatoms. The van der Waals surface area contributed by atoms with Crippen LogP contribution in [0.1, 0.15) is 46.5 Å². The van der Waals surface area contributed by atoms with Gasteiger partial charge in [-0.25, -0.2) is 0 Å². The second kappa shape index (κ2) is 12.3. The fourth-order valence-electron chi connectivity index (χ4n) is 1.93. The largest absolute Gasteiger partial charge is 0.383 e. The Morgan fingerprint density at radius 3 is 2.53 bits per heavy atom. The third kappa shape index (κ3) is 10.7. The predicted molar refractivity (Wildman–Crippen MR) is 75.6 cm³/mol. The molecule has 104 valence electrons. The van der Waals surface area contributed by atoms with Crippen molar-refractivity contribution < 1.29 is 4.74 Å². The monoisotopic (exact) mass is 244 g/mol. The molecule has 0 aromatic rings. The van der Waals surface area contributed by atoms with Gasteiger partial charge in [0.05, 0.1) is 6.61 Å². The Hall–Kier alpha value is -0.120. The van der Waals surface area contributed by atoms with E-state index < -0.39 is 0 Å². The minimum Gasteiger partial charge on any atom is -0.383 e. The van der Waals surface area contributed by atoms with E-state index in [0.717, 1.165) is 26.2 Å². The van der Waals surface area contributed by atoms with Gasteiger partial charge >= 0.3 is 0 Å². The van der Waals surface area contributed by atoms with Gasteiger partial charge in [-0.15, -0.1) is 0 Å². The van der Waals surface area contributed by atoms with E-state index >= 15 is 0 Å². The van der Waals surface area contributed by atoms with Crippen molar-refractivity contribution in [2.45, 2.75) is 52.5 Å². The number of nitrogens with one attached hydrogen (secondary N) is 1. The number of methoxy groups -OCH3 is 1. The number of unbranched alkanes of at least 4 members (excludes halogenated alkanes) is 1. The molecule has 0 spiro atoms. The molecular weight excluding hydrogens is 212 g/mol. The first-order chi connectivity index (χ1) is 8.24. The highest BCUT2D eigenvalue weighted by Gasteiger charge is 2.03. The van der Waals surface area contributed by atoms with Crippen LogP contribution >= 0.6 is 0 Å². The molecule has 0 amide bonds. The minimum absolute atomic E-state index is 0.670. The highest BCUT2D eigenvalue weighted by atomic mass is 16.5. The fourth-order valence-corrected chi connectivity index (χ4v) is 1.93. The molecule has 1 N–H and O–H groups in total. The standard InChI is InChI=1S/C14H32N2O/c1-5-10-15-14(3)9-7-8-11-16(6-2)12-13-17-4/h14-15H,5-13H2,1-4H3. The molecule has 0 aliphatic rings. The van der Waals surface area contributed by atoms with E-state index in [9.17, 15) is 0 Å². The Morgan fingerprint density at radius 1 is 1.18 bits per heavy atom. The van der Waals surface area contributed by atoms with E-state index in [2.05, 4.69) is 31.0 Å². The lowest BCUT2D eigenvalue weighted by Crippen LogP contribution is -2.29. The molecule has 0 saturated heterocycles. The Morgan fingerprint density at radius 2 is 1.94 bits per heavy atom. The third-order valence-electron chi connectivity index (χ3n) is 3.16. The molecule has 3 nitrogen and oxygen atoms in total. The van der Waals surface area contributed by atoms with Crippen LogP contribution in [0.5, 0.6) is 0 Å². The molecule has 17 heavy (non-hydrogen) atoms. The first-order valence-corrected chi connectivity index (χ1v) is 7.19. The van der Waals surface area contributed by atoms with E-state index in [1.165, 1.54) is 32.2 Å². The summed E-state index contributed by atoms with van der Waals surface area (Å²) in [5.74, 6) is 0. The Labute approximate surface area is 108 Å². The fraction of sp³-hybridized carbons (Fsp3) is 1.00. The highest BCUT2D eigenvalue weighted by molar-refractivity contribution is 4.62. The van der Waals surface area contributed by atoms with Crippen molar-refractivity contribution in [3.8, 4) is 0 Å². The first-order valence-electron chi connectivity index (χ1n) is 7.19. The lowest BCUT2D eigenvalue weighted by Gasteiger charge is -2.20. The molecular formula is C14H32N2O. The van der Waals surface area contributed by atoms with E-state index in [1.54, 1.807) is 7.11 Å². The molecule has 1 unspecified atom stereocenters. The number of hydrogen-bond donors (Lipinski definition) is 1. The number of nitrogens with zero attached hydrogens (tertiary/aromatic N) is 1. The van der Waals surface area contributed by atoms with Gasteiger partial charge in [0.1, 0.15) is 0 Å². The van der Waals surface area contributed by atoms with Crippen LogP contribution in [0.15, 0.2) is 0 Å². The molecule has 0 aromatic heterocycles. The molecule has 0 fully saturated rings. The van der Waals surface area contributed by atoms with Crippen LogP contribution in [-0.4, -0.2) is 50.8 Å². The smallest absolute Gasteiger partial charge is 0.0589 e. The van der Waals surface area contributed by atoms with Gasteiger partial charge in [-0.3, -0.25) is 0 Å². The second-order valence-corrected chi connectivity index (χ2v) is 4.78. The van der Waals surface area contributed by atoms with Crippen molar-refractivity contribution >= 4 is 0 Å². The van der Waals surface area contributed by atoms with Crippen LogP contribution in [0, 0.1) is 0 Å². The molecule has 0 saturated carbocycles. The SMILES string of the molecule is CCCNC(C)CCCCN(CC)CCOC. The maximum absolute atomic E-state index is 5.11. The highest BCUT2D eigenvalue weighted by Crippen LogP contribution is 2.02. The second-order valence-electron chi connectivity index (χ2n) is 4.78. The maximum atomic E-state index is 5.11. The Kier molecular flexibility index (Phi) is 12.3. The Balaban J connectivity index is 3.40. The molecule has 0 rings (SSSR count). The summed E-state index contributed by atoms with van der Waals surface area (Å²) in [6, 6.07) is 0.670. The van der Waals surface area contributed by atoms with E-state index in [-0.39, 0.29) is 0 Å². The van der Waals surface area contributed by atoms with E-state index in [1.807, 2.05) is 0 Å². The zero-order valence-electron chi connectivity index (χ0n) is 12.3. The molecule has 0 aromatic carbocycles. The van der Waals surface area contributed by atoms with Gasteiger partial charge < -0.3 is 15.0 Å². The van der Waals surface area contributed by atoms with Crippen LogP contribution in [0.2, 0.25) is 0 Å². The van der Waals surface area contributed by atoms with Crippen LogP contribution in [0.3, 0.4) is 0 Å². The summed E-state index contributed by atoms with van der Waals surface area (Å²) >= 11 is 0. The molecule has 1 atom stereocenters. The van der Waals surface area contributed by atoms with Gasteiger partial charge in [-0.2, -0.15) is 0 Å².